The summed E-state index contributed by atoms with van der Waals surface area (Å²) >= 11 is 0. The summed E-state index contributed by atoms with van der Waals surface area (Å²) in [4.78, 5) is 32.4. The first-order chi connectivity index (χ1) is 20.5. The molecule has 4 aromatic rings. The molecule has 2 amide bonds. The van der Waals surface area contributed by atoms with Gasteiger partial charge in [0.2, 0.25) is 0 Å². The first kappa shape index (κ1) is 27.4. The van der Waals surface area contributed by atoms with Gasteiger partial charge in [-0.15, -0.1) is 0 Å². The molecule has 0 fully saturated rings. The third-order valence-corrected chi connectivity index (χ3v) is 8.52. The number of nitrogens with one attached hydrogen (secondary N) is 1. The Hall–Kier alpha value is -4.78. The lowest BCUT2D eigenvalue weighted by Crippen LogP contribution is -2.56. The third kappa shape index (κ3) is 4.11. The lowest BCUT2D eigenvalue weighted by Gasteiger charge is -2.44. The van der Waals surface area contributed by atoms with E-state index in [-0.39, 0.29) is 11.8 Å². The van der Waals surface area contributed by atoms with Gasteiger partial charge in [0.15, 0.2) is 0 Å². The summed E-state index contributed by atoms with van der Waals surface area (Å²) in [5.74, 6) is 0.693. The van der Waals surface area contributed by atoms with Gasteiger partial charge in [-0.05, 0) is 58.0 Å². The SMILES string of the molecule is CCN(CC)c1ccc2c(c1)Oc1cc(N(CC)CC)ccc1C21c2ccccc2C(=O)N1NC(=O)c1ccccc1. The molecular weight excluding hydrogens is 524 g/mol. The monoisotopic (exact) mass is 560 g/mol. The van der Waals surface area contributed by atoms with E-state index in [0.29, 0.717) is 22.6 Å². The highest BCUT2D eigenvalue weighted by atomic mass is 16.5. The van der Waals surface area contributed by atoms with Crippen molar-refractivity contribution in [1.29, 1.82) is 0 Å². The van der Waals surface area contributed by atoms with Crippen LogP contribution in [0.25, 0.3) is 0 Å². The molecule has 0 saturated heterocycles. The minimum absolute atomic E-state index is 0.269. The Bertz CT molecular complexity index is 1580. The van der Waals surface area contributed by atoms with E-state index >= 15 is 0 Å². The summed E-state index contributed by atoms with van der Waals surface area (Å²) in [7, 11) is 0. The van der Waals surface area contributed by atoms with Crippen LogP contribution in [0, 0.1) is 0 Å². The number of amides is 2. The Balaban J connectivity index is 1.62. The number of hydrogen-bond donors (Lipinski definition) is 1. The average Bonchev–Trinajstić information content (AvgIpc) is 3.26. The number of fused-ring (bicyclic) bond motifs is 6. The highest BCUT2D eigenvalue weighted by Crippen LogP contribution is 2.57. The minimum atomic E-state index is -1.13. The average molecular weight is 561 g/mol. The van der Waals surface area contributed by atoms with Crippen LogP contribution in [0.3, 0.4) is 0 Å². The maximum Gasteiger partial charge on any atom is 0.274 e. The molecule has 1 spiro atoms. The van der Waals surface area contributed by atoms with Crippen molar-refractivity contribution < 1.29 is 14.3 Å². The van der Waals surface area contributed by atoms with Gasteiger partial charge >= 0.3 is 0 Å². The van der Waals surface area contributed by atoms with Crippen LogP contribution in [-0.2, 0) is 5.54 Å². The molecule has 42 heavy (non-hydrogen) atoms. The molecule has 2 aliphatic rings. The molecule has 2 aliphatic heterocycles. The van der Waals surface area contributed by atoms with E-state index in [1.807, 2.05) is 54.6 Å². The number of anilines is 2. The molecular formula is C35H36N4O3. The number of carbonyl (C=O) groups excluding carboxylic acids is 2. The predicted octanol–water partition coefficient (Wildman–Crippen LogP) is 6.58. The first-order valence-corrected chi connectivity index (χ1v) is 14.7. The van der Waals surface area contributed by atoms with E-state index < -0.39 is 5.54 Å². The summed E-state index contributed by atoms with van der Waals surface area (Å²) in [6, 6.07) is 29.0. The van der Waals surface area contributed by atoms with Gasteiger partial charge in [0.25, 0.3) is 11.8 Å². The van der Waals surface area contributed by atoms with Gasteiger partial charge in [-0.3, -0.25) is 15.0 Å². The van der Waals surface area contributed by atoms with E-state index in [4.69, 9.17) is 4.74 Å². The van der Waals surface area contributed by atoms with Gasteiger partial charge in [-0.1, -0.05) is 48.5 Å². The van der Waals surface area contributed by atoms with E-state index in [2.05, 4.69) is 67.2 Å². The fraction of sp³-hybridized carbons (Fsp3) is 0.257. The Labute approximate surface area is 247 Å². The largest absolute Gasteiger partial charge is 0.456 e. The molecule has 2 heterocycles. The Kier molecular flexibility index (Phi) is 7.11. The number of ether oxygens (including phenoxy) is 1. The quantitative estimate of drug-likeness (QED) is 0.264. The molecule has 0 bridgehead atoms. The number of carbonyl (C=O) groups is 2. The van der Waals surface area contributed by atoms with Gasteiger partial charge < -0.3 is 14.5 Å². The van der Waals surface area contributed by atoms with Crippen LogP contribution in [0.2, 0.25) is 0 Å². The molecule has 0 aromatic heterocycles. The first-order valence-electron chi connectivity index (χ1n) is 14.7. The summed E-state index contributed by atoms with van der Waals surface area (Å²) in [5.41, 5.74) is 7.38. The van der Waals surface area contributed by atoms with Crippen molar-refractivity contribution in [1.82, 2.24) is 10.4 Å². The molecule has 4 aromatic carbocycles. The molecule has 214 valence electrons. The topological polar surface area (TPSA) is 65.1 Å². The number of rotatable bonds is 8. The molecule has 7 nitrogen and oxygen atoms in total. The second-order valence-corrected chi connectivity index (χ2v) is 10.5. The normalized spacial score (nSPS) is 14.1. The zero-order valence-electron chi connectivity index (χ0n) is 24.6. The summed E-state index contributed by atoms with van der Waals surface area (Å²) in [5, 5.41) is 1.52. The van der Waals surface area contributed by atoms with Crippen molar-refractivity contribution in [2.75, 3.05) is 36.0 Å². The molecule has 0 radical (unpaired) electrons. The Morgan fingerprint density at radius 1 is 0.714 bits per heavy atom. The van der Waals surface area contributed by atoms with Gasteiger partial charge in [0.1, 0.15) is 17.0 Å². The van der Waals surface area contributed by atoms with Crippen molar-refractivity contribution in [3.8, 4) is 11.5 Å². The third-order valence-electron chi connectivity index (χ3n) is 8.52. The smallest absolute Gasteiger partial charge is 0.274 e. The molecule has 0 atom stereocenters. The summed E-state index contributed by atoms with van der Waals surface area (Å²) in [6.45, 7) is 11.9. The van der Waals surface area contributed by atoms with Gasteiger partial charge in [0.05, 0.1) is 0 Å². The Morgan fingerprint density at radius 2 is 1.24 bits per heavy atom. The van der Waals surface area contributed by atoms with Crippen LogP contribution in [0.4, 0.5) is 11.4 Å². The maximum absolute atomic E-state index is 14.2. The fourth-order valence-corrected chi connectivity index (χ4v) is 6.42. The van der Waals surface area contributed by atoms with E-state index in [1.165, 1.54) is 5.01 Å². The van der Waals surface area contributed by atoms with Gasteiger partial charge in [-0.25, -0.2) is 5.01 Å². The second-order valence-electron chi connectivity index (χ2n) is 10.5. The van der Waals surface area contributed by atoms with E-state index in [9.17, 15) is 9.59 Å². The summed E-state index contributed by atoms with van der Waals surface area (Å²) < 4.78 is 6.71. The van der Waals surface area contributed by atoms with Gasteiger partial charge in [-0.2, -0.15) is 0 Å². The molecule has 0 saturated carbocycles. The molecule has 6 rings (SSSR count). The van der Waals surface area contributed by atoms with Crippen LogP contribution in [-0.4, -0.2) is 43.0 Å². The number of nitrogens with zero attached hydrogens (tertiary/aromatic N) is 3. The maximum atomic E-state index is 14.2. The molecule has 0 unspecified atom stereocenters. The number of hydrogen-bond acceptors (Lipinski definition) is 5. The van der Waals surface area contributed by atoms with Crippen LogP contribution in [0.1, 0.15) is 65.1 Å². The number of benzene rings is 4. The van der Waals surface area contributed by atoms with Crippen LogP contribution < -0.4 is 20.0 Å². The molecule has 7 heteroatoms. The zero-order chi connectivity index (χ0) is 29.4. The lowest BCUT2D eigenvalue weighted by atomic mass is 9.75. The molecule has 1 N–H and O–H groups in total. The van der Waals surface area contributed by atoms with E-state index in [0.717, 1.165) is 54.2 Å². The second kappa shape index (κ2) is 10.9. The van der Waals surface area contributed by atoms with Crippen LogP contribution in [0.15, 0.2) is 91.0 Å². The van der Waals surface area contributed by atoms with Crippen LogP contribution >= 0.6 is 0 Å². The molecule has 0 aliphatic carbocycles. The van der Waals surface area contributed by atoms with E-state index in [1.54, 1.807) is 12.1 Å². The van der Waals surface area contributed by atoms with Gasteiger partial charge in [0, 0.05) is 77.5 Å². The lowest BCUT2D eigenvalue weighted by molar-refractivity contribution is 0.0448. The van der Waals surface area contributed by atoms with Crippen molar-refractivity contribution in [2.24, 2.45) is 0 Å². The van der Waals surface area contributed by atoms with Crippen molar-refractivity contribution in [3.63, 3.8) is 0 Å². The van der Waals surface area contributed by atoms with Crippen molar-refractivity contribution in [3.05, 3.63) is 119 Å². The highest BCUT2D eigenvalue weighted by Gasteiger charge is 2.57. The minimum Gasteiger partial charge on any atom is -0.456 e. The van der Waals surface area contributed by atoms with Crippen molar-refractivity contribution >= 4 is 23.2 Å². The standard InChI is InChI=1S/C35H36N4O3/c1-5-37(6-2)25-18-20-29-31(22-25)42-32-23-26(38(7-3)8-4)19-21-30(32)35(29)28-17-13-12-16-27(28)34(41)39(35)36-33(40)24-14-10-9-11-15-24/h9-23H,5-8H2,1-4H3,(H,36,40). The zero-order valence-corrected chi connectivity index (χ0v) is 24.6. The van der Waals surface area contributed by atoms with Crippen molar-refractivity contribution in [2.45, 2.75) is 33.2 Å². The number of hydrazine groups is 1. The summed E-state index contributed by atoms with van der Waals surface area (Å²) in [6.07, 6.45) is 0. The van der Waals surface area contributed by atoms with Crippen LogP contribution in [0.5, 0.6) is 11.5 Å². The predicted molar refractivity (Wildman–Crippen MR) is 166 cm³/mol. The fourth-order valence-electron chi connectivity index (χ4n) is 6.42. The Morgan fingerprint density at radius 3 is 1.79 bits per heavy atom. The highest BCUT2D eigenvalue weighted by molar-refractivity contribution is 6.05.